The van der Waals surface area contributed by atoms with Crippen LogP contribution in [0.1, 0.15) is 10.4 Å². The molecule has 0 spiro atoms. The lowest BCUT2D eigenvalue weighted by Gasteiger charge is -2.00. The Morgan fingerprint density at radius 3 is 2.33 bits per heavy atom. The monoisotopic (exact) mass is 184 g/mol. The van der Waals surface area contributed by atoms with Crippen LogP contribution in [0.25, 0.3) is 0 Å². The molecule has 4 nitrogen and oxygen atoms in total. The predicted molar refractivity (Wildman–Crippen MR) is 45.6 cm³/mol. The van der Waals surface area contributed by atoms with E-state index >= 15 is 0 Å². The van der Waals surface area contributed by atoms with Crippen molar-refractivity contribution >= 4 is 16.9 Å². The van der Waals surface area contributed by atoms with Crippen molar-refractivity contribution in [1.82, 2.24) is 0 Å². The fraction of sp³-hybridized carbons (Fsp3) is 0. The molecule has 0 aliphatic heterocycles. The molecule has 64 valence electrons. The number of rotatable bonds is 2. The SMILES string of the molecule is NC(=O)c1ccccc1S(N)=O. The van der Waals surface area contributed by atoms with Crippen LogP contribution in [-0.4, -0.2) is 10.1 Å². The van der Waals surface area contributed by atoms with E-state index in [4.69, 9.17) is 10.9 Å². The van der Waals surface area contributed by atoms with Crippen molar-refractivity contribution in [3.05, 3.63) is 29.8 Å². The molecule has 0 bridgehead atoms. The molecule has 0 saturated carbocycles. The van der Waals surface area contributed by atoms with Gasteiger partial charge in [-0.25, -0.2) is 9.35 Å². The van der Waals surface area contributed by atoms with Gasteiger partial charge in [-0.15, -0.1) is 0 Å². The van der Waals surface area contributed by atoms with Gasteiger partial charge in [-0.1, -0.05) is 12.1 Å². The summed E-state index contributed by atoms with van der Waals surface area (Å²) in [7, 11) is -1.66. The zero-order chi connectivity index (χ0) is 9.14. The van der Waals surface area contributed by atoms with Crippen LogP contribution in [-0.2, 0) is 11.0 Å². The summed E-state index contributed by atoms with van der Waals surface area (Å²) >= 11 is 0. The zero-order valence-electron chi connectivity index (χ0n) is 6.19. The summed E-state index contributed by atoms with van der Waals surface area (Å²) in [6.45, 7) is 0. The molecule has 0 aromatic heterocycles. The minimum Gasteiger partial charge on any atom is -0.366 e. The van der Waals surface area contributed by atoms with E-state index in [1.54, 1.807) is 12.1 Å². The predicted octanol–water partition coefficient (Wildman–Crippen LogP) is -0.233. The number of carbonyl (C=O) groups excluding carboxylic acids is 1. The lowest BCUT2D eigenvalue weighted by atomic mass is 10.2. The number of carbonyl (C=O) groups is 1. The van der Waals surface area contributed by atoms with Crippen LogP contribution in [0.4, 0.5) is 0 Å². The molecular weight excluding hydrogens is 176 g/mol. The number of nitrogens with two attached hydrogens (primary N) is 2. The molecule has 1 aromatic rings. The average molecular weight is 184 g/mol. The highest BCUT2D eigenvalue weighted by Gasteiger charge is 2.09. The maximum absolute atomic E-state index is 10.9. The van der Waals surface area contributed by atoms with Gasteiger partial charge in [-0.05, 0) is 12.1 Å². The standard InChI is InChI=1S/C7H8N2O2S/c8-7(10)5-3-1-2-4-6(5)12(9)11/h1-4H,9H2,(H2,8,10). The van der Waals surface area contributed by atoms with E-state index in [-0.39, 0.29) is 10.5 Å². The molecule has 4 N–H and O–H groups in total. The third-order valence-corrected chi connectivity index (χ3v) is 2.16. The van der Waals surface area contributed by atoms with Gasteiger partial charge in [0.25, 0.3) is 0 Å². The molecule has 1 unspecified atom stereocenters. The molecule has 1 aromatic carbocycles. The first-order valence-electron chi connectivity index (χ1n) is 3.18. The molecule has 1 amide bonds. The van der Waals surface area contributed by atoms with E-state index < -0.39 is 16.9 Å². The first-order chi connectivity index (χ1) is 5.63. The number of hydrogen-bond donors (Lipinski definition) is 2. The van der Waals surface area contributed by atoms with Crippen molar-refractivity contribution in [2.75, 3.05) is 0 Å². The lowest BCUT2D eigenvalue weighted by Crippen LogP contribution is -2.16. The van der Waals surface area contributed by atoms with Gasteiger partial charge in [0.2, 0.25) is 5.91 Å². The fourth-order valence-electron chi connectivity index (χ4n) is 0.846. The van der Waals surface area contributed by atoms with Crippen LogP contribution >= 0.6 is 0 Å². The van der Waals surface area contributed by atoms with Gasteiger partial charge in [0.15, 0.2) is 0 Å². The Balaban J connectivity index is 3.27. The molecule has 0 saturated heterocycles. The van der Waals surface area contributed by atoms with Gasteiger partial charge >= 0.3 is 0 Å². The Bertz CT molecular complexity index is 305. The summed E-state index contributed by atoms with van der Waals surface area (Å²) < 4.78 is 10.9. The minimum atomic E-state index is -1.66. The molecule has 0 fully saturated rings. The van der Waals surface area contributed by atoms with Crippen LogP contribution < -0.4 is 10.9 Å². The summed E-state index contributed by atoms with van der Waals surface area (Å²) in [5, 5.41) is 5.12. The highest BCUT2D eigenvalue weighted by molar-refractivity contribution is 7.82. The Morgan fingerprint density at radius 2 is 1.92 bits per heavy atom. The number of amides is 1. The molecule has 5 heteroatoms. The molecule has 1 rings (SSSR count). The largest absolute Gasteiger partial charge is 0.366 e. The maximum atomic E-state index is 10.9. The van der Waals surface area contributed by atoms with Crippen molar-refractivity contribution in [3.8, 4) is 0 Å². The van der Waals surface area contributed by atoms with E-state index in [2.05, 4.69) is 0 Å². The van der Waals surface area contributed by atoms with Gasteiger partial charge < -0.3 is 5.73 Å². The Morgan fingerprint density at radius 1 is 1.33 bits per heavy atom. The highest BCUT2D eigenvalue weighted by atomic mass is 32.2. The van der Waals surface area contributed by atoms with Crippen molar-refractivity contribution in [3.63, 3.8) is 0 Å². The van der Waals surface area contributed by atoms with Crippen molar-refractivity contribution < 1.29 is 9.00 Å². The Kier molecular flexibility index (Phi) is 2.57. The van der Waals surface area contributed by atoms with Crippen molar-refractivity contribution in [2.45, 2.75) is 4.90 Å². The first kappa shape index (κ1) is 8.89. The average Bonchev–Trinajstić information content (AvgIpc) is 2.04. The first-order valence-corrected chi connectivity index (χ1v) is 4.39. The van der Waals surface area contributed by atoms with Gasteiger partial charge in [0.1, 0.15) is 11.0 Å². The van der Waals surface area contributed by atoms with Gasteiger partial charge in [-0.3, -0.25) is 4.79 Å². The summed E-state index contributed by atoms with van der Waals surface area (Å²) in [5.74, 6) is -0.621. The van der Waals surface area contributed by atoms with Gasteiger partial charge in [0.05, 0.1) is 10.5 Å². The molecular formula is C7H8N2O2S. The van der Waals surface area contributed by atoms with Crippen LogP contribution in [0.5, 0.6) is 0 Å². The van der Waals surface area contributed by atoms with Crippen LogP contribution in [0.2, 0.25) is 0 Å². The van der Waals surface area contributed by atoms with Gasteiger partial charge in [0, 0.05) is 0 Å². The fourth-order valence-corrected chi connectivity index (χ4v) is 1.44. The van der Waals surface area contributed by atoms with Crippen LogP contribution in [0.3, 0.4) is 0 Å². The van der Waals surface area contributed by atoms with E-state index in [1.807, 2.05) is 0 Å². The quantitative estimate of drug-likeness (QED) is 0.665. The molecule has 1 atom stereocenters. The maximum Gasteiger partial charge on any atom is 0.249 e. The van der Waals surface area contributed by atoms with E-state index in [0.717, 1.165) is 0 Å². The summed E-state index contributed by atoms with van der Waals surface area (Å²) in [6, 6.07) is 6.28. The normalized spacial score (nSPS) is 12.4. The topological polar surface area (TPSA) is 86.2 Å². The smallest absolute Gasteiger partial charge is 0.249 e. The Hall–Kier alpha value is -1.20. The van der Waals surface area contributed by atoms with Gasteiger partial charge in [-0.2, -0.15) is 0 Å². The highest BCUT2D eigenvalue weighted by Crippen LogP contribution is 2.09. The number of hydrogen-bond acceptors (Lipinski definition) is 2. The Labute approximate surface area is 72.1 Å². The summed E-state index contributed by atoms with van der Waals surface area (Å²) in [4.78, 5) is 11.0. The third-order valence-electron chi connectivity index (χ3n) is 1.37. The second-order valence-corrected chi connectivity index (χ2v) is 3.19. The number of primary amides is 1. The van der Waals surface area contributed by atoms with E-state index in [0.29, 0.717) is 0 Å². The lowest BCUT2D eigenvalue weighted by molar-refractivity contribution is 0.0997. The summed E-state index contributed by atoms with van der Waals surface area (Å²) in [6.07, 6.45) is 0. The second kappa shape index (κ2) is 3.46. The zero-order valence-corrected chi connectivity index (χ0v) is 7.01. The molecule has 0 aliphatic rings. The van der Waals surface area contributed by atoms with Crippen molar-refractivity contribution in [2.24, 2.45) is 10.9 Å². The molecule has 0 aliphatic carbocycles. The number of benzene rings is 1. The van der Waals surface area contributed by atoms with Crippen LogP contribution in [0.15, 0.2) is 29.2 Å². The van der Waals surface area contributed by atoms with E-state index in [1.165, 1.54) is 12.1 Å². The van der Waals surface area contributed by atoms with E-state index in [9.17, 15) is 9.00 Å². The molecule has 0 heterocycles. The second-order valence-electron chi connectivity index (χ2n) is 2.16. The van der Waals surface area contributed by atoms with Crippen molar-refractivity contribution in [1.29, 1.82) is 0 Å². The molecule has 0 radical (unpaired) electrons. The molecule has 12 heavy (non-hydrogen) atoms. The third kappa shape index (κ3) is 1.69. The summed E-state index contributed by atoms with van der Waals surface area (Å²) in [5.41, 5.74) is 5.23. The minimum absolute atomic E-state index is 0.207. The van der Waals surface area contributed by atoms with Crippen LogP contribution in [0, 0.1) is 0 Å².